The third-order valence-electron chi connectivity index (χ3n) is 3.77. The van der Waals surface area contributed by atoms with E-state index in [0.717, 1.165) is 22.2 Å². The summed E-state index contributed by atoms with van der Waals surface area (Å²) in [6, 6.07) is 10.3. The lowest BCUT2D eigenvalue weighted by Crippen LogP contribution is -2.27. The van der Waals surface area contributed by atoms with Crippen molar-refractivity contribution in [3.8, 4) is 11.3 Å². The second kappa shape index (κ2) is 8.09. The Kier molecular flexibility index (Phi) is 5.61. The van der Waals surface area contributed by atoms with Crippen molar-refractivity contribution in [2.75, 3.05) is 13.2 Å². The number of thioether (sulfide) groups is 1. The Morgan fingerprint density at radius 1 is 1.22 bits per heavy atom. The SMILES string of the molecule is C=CCN1C(=O)S/C(=C\c2ccc(-c3ccc(C(=O)OCC)cc3)o2)C1=O. The van der Waals surface area contributed by atoms with E-state index in [1.165, 1.54) is 6.08 Å². The molecule has 1 fully saturated rings. The molecule has 1 aromatic heterocycles. The van der Waals surface area contributed by atoms with Crippen LogP contribution < -0.4 is 0 Å². The van der Waals surface area contributed by atoms with Crippen LogP contribution in [0.25, 0.3) is 17.4 Å². The van der Waals surface area contributed by atoms with Crippen LogP contribution in [0.3, 0.4) is 0 Å². The van der Waals surface area contributed by atoms with E-state index in [0.29, 0.717) is 28.6 Å². The van der Waals surface area contributed by atoms with Crippen molar-refractivity contribution >= 4 is 35.0 Å². The summed E-state index contributed by atoms with van der Waals surface area (Å²) in [5, 5.41) is -0.326. The summed E-state index contributed by atoms with van der Waals surface area (Å²) in [7, 11) is 0. The molecule has 0 spiro atoms. The number of amides is 2. The molecule has 7 heteroatoms. The summed E-state index contributed by atoms with van der Waals surface area (Å²) in [6.07, 6.45) is 3.05. The van der Waals surface area contributed by atoms with Gasteiger partial charge in [0.1, 0.15) is 11.5 Å². The summed E-state index contributed by atoms with van der Waals surface area (Å²) in [4.78, 5) is 37.2. The van der Waals surface area contributed by atoms with Gasteiger partial charge in [0.05, 0.1) is 17.1 Å². The molecule has 138 valence electrons. The van der Waals surface area contributed by atoms with Crippen molar-refractivity contribution in [2.45, 2.75) is 6.92 Å². The molecule has 1 aromatic carbocycles. The number of furan rings is 1. The Hall–Kier alpha value is -3.06. The second-order valence-electron chi connectivity index (χ2n) is 5.58. The van der Waals surface area contributed by atoms with E-state index in [2.05, 4.69) is 6.58 Å². The number of nitrogens with zero attached hydrogens (tertiary/aromatic N) is 1. The summed E-state index contributed by atoms with van der Waals surface area (Å²) < 4.78 is 10.7. The van der Waals surface area contributed by atoms with Gasteiger partial charge in [0.2, 0.25) is 0 Å². The molecule has 1 saturated heterocycles. The molecule has 0 radical (unpaired) electrons. The molecule has 2 aromatic rings. The number of ether oxygens (including phenoxy) is 1. The quantitative estimate of drug-likeness (QED) is 0.419. The maximum atomic E-state index is 12.2. The molecule has 6 nitrogen and oxygen atoms in total. The van der Waals surface area contributed by atoms with Gasteiger partial charge < -0.3 is 9.15 Å². The fraction of sp³-hybridized carbons (Fsp3) is 0.150. The standard InChI is InChI=1S/C20H17NO5S/c1-3-11-21-18(22)17(27-20(21)24)12-15-9-10-16(26-15)13-5-7-14(8-6-13)19(23)25-4-2/h3,5-10,12H,1,4,11H2,2H3/b17-12-. The number of hydrogen-bond donors (Lipinski definition) is 0. The van der Waals surface area contributed by atoms with Crippen LogP contribution in [-0.4, -0.2) is 35.2 Å². The van der Waals surface area contributed by atoms with E-state index in [9.17, 15) is 14.4 Å². The molecule has 0 saturated carbocycles. The zero-order chi connectivity index (χ0) is 19.4. The number of imide groups is 1. The topological polar surface area (TPSA) is 76.8 Å². The van der Waals surface area contributed by atoms with Crippen molar-refractivity contribution in [3.05, 3.63) is 65.3 Å². The lowest BCUT2D eigenvalue weighted by Gasteiger charge is -2.07. The Labute approximate surface area is 160 Å². The van der Waals surface area contributed by atoms with E-state index < -0.39 is 0 Å². The summed E-state index contributed by atoms with van der Waals surface area (Å²) in [5.41, 5.74) is 1.24. The van der Waals surface area contributed by atoms with Crippen LogP contribution in [0.15, 0.2) is 58.4 Å². The Balaban J connectivity index is 1.77. The molecule has 0 aliphatic carbocycles. The first kappa shape index (κ1) is 18.7. The molecule has 1 aliphatic rings. The van der Waals surface area contributed by atoms with Gasteiger partial charge in [0.15, 0.2) is 0 Å². The zero-order valence-electron chi connectivity index (χ0n) is 14.6. The Morgan fingerprint density at radius 2 is 1.96 bits per heavy atom. The highest BCUT2D eigenvalue weighted by molar-refractivity contribution is 8.18. The lowest BCUT2D eigenvalue weighted by molar-refractivity contribution is -0.122. The van der Waals surface area contributed by atoms with Crippen molar-refractivity contribution in [3.63, 3.8) is 0 Å². The maximum absolute atomic E-state index is 12.2. The number of benzene rings is 1. The normalized spacial score (nSPS) is 15.4. The fourth-order valence-electron chi connectivity index (χ4n) is 2.49. The van der Waals surface area contributed by atoms with Crippen molar-refractivity contribution in [1.82, 2.24) is 4.90 Å². The summed E-state index contributed by atoms with van der Waals surface area (Å²) in [5.74, 6) is 0.312. The van der Waals surface area contributed by atoms with Crippen LogP contribution in [0.5, 0.6) is 0 Å². The average molecular weight is 383 g/mol. The first-order valence-electron chi connectivity index (χ1n) is 8.27. The van der Waals surface area contributed by atoms with Crippen molar-refractivity contribution in [1.29, 1.82) is 0 Å². The smallest absolute Gasteiger partial charge is 0.338 e. The second-order valence-corrected chi connectivity index (χ2v) is 6.57. The van der Waals surface area contributed by atoms with E-state index >= 15 is 0 Å². The molecule has 2 heterocycles. The fourth-order valence-corrected chi connectivity index (χ4v) is 3.31. The predicted octanol–water partition coefficient (Wildman–Crippen LogP) is 4.35. The van der Waals surface area contributed by atoms with Crippen LogP contribution in [0.1, 0.15) is 23.0 Å². The van der Waals surface area contributed by atoms with Crippen LogP contribution in [0, 0.1) is 0 Å². The van der Waals surface area contributed by atoms with E-state index in [-0.39, 0.29) is 23.7 Å². The van der Waals surface area contributed by atoms with Gasteiger partial charge in [-0.3, -0.25) is 14.5 Å². The van der Waals surface area contributed by atoms with Gasteiger partial charge in [-0.15, -0.1) is 6.58 Å². The Morgan fingerprint density at radius 3 is 2.63 bits per heavy atom. The van der Waals surface area contributed by atoms with Gasteiger partial charge in [-0.1, -0.05) is 18.2 Å². The van der Waals surface area contributed by atoms with Gasteiger partial charge in [0.25, 0.3) is 11.1 Å². The zero-order valence-corrected chi connectivity index (χ0v) is 15.5. The molecule has 0 bridgehead atoms. The number of rotatable bonds is 6. The minimum atomic E-state index is -0.376. The van der Waals surface area contributed by atoms with Gasteiger partial charge >= 0.3 is 5.97 Å². The highest BCUT2D eigenvalue weighted by atomic mass is 32.2. The number of hydrogen-bond acceptors (Lipinski definition) is 6. The van der Waals surface area contributed by atoms with Crippen molar-refractivity contribution < 1.29 is 23.5 Å². The molecule has 3 rings (SSSR count). The van der Waals surface area contributed by atoms with Crippen LogP contribution >= 0.6 is 11.8 Å². The highest BCUT2D eigenvalue weighted by Gasteiger charge is 2.34. The minimum absolute atomic E-state index is 0.179. The molecule has 0 unspecified atom stereocenters. The van der Waals surface area contributed by atoms with Crippen molar-refractivity contribution in [2.24, 2.45) is 0 Å². The van der Waals surface area contributed by atoms with Gasteiger partial charge in [-0.25, -0.2) is 4.79 Å². The minimum Gasteiger partial charge on any atom is -0.462 e. The number of esters is 1. The molecule has 1 aliphatic heterocycles. The molecule has 2 amide bonds. The molecular weight excluding hydrogens is 366 g/mol. The molecular formula is C20H17NO5S. The van der Waals surface area contributed by atoms with E-state index in [4.69, 9.17) is 9.15 Å². The highest BCUT2D eigenvalue weighted by Crippen LogP contribution is 2.33. The molecule has 27 heavy (non-hydrogen) atoms. The summed E-state index contributed by atoms with van der Waals surface area (Å²) in [6.45, 7) is 5.80. The molecule has 0 N–H and O–H groups in total. The van der Waals surface area contributed by atoms with Crippen LogP contribution in [0.4, 0.5) is 4.79 Å². The first-order chi connectivity index (χ1) is 13.0. The number of carbonyl (C=O) groups excluding carboxylic acids is 3. The monoisotopic (exact) mass is 383 g/mol. The van der Waals surface area contributed by atoms with Gasteiger partial charge in [-0.05, 0) is 43.0 Å². The Bertz CT molecular complexity index is 926. The van der Waals surface area contributed by atoms with Crippen LogP contribution in [-0.2, 0) is 9.53 Å². The van der Waals surface area contributed by atoms with Gasteiger partial charge in [0, 0.05) is 18.2 Å². The molecule has 0 atom stereocenters. The lowest BCUT2D eigenvalue weighted by atomic mass is 10.1. The average Bonchev–Trinajstić information content (AvgIpc) is 3.23. The predicted molar refractivity (Wildman–Crippen MR) is 103 cm³/mol. The number of carbonyl (C=O) groups is 3. The first-order valence-corrected chi connectivity index (χ1v) is 9.08. The van der Waals surface area contributed by atoms with Crippen LogP contribution in [0.2, 0.25) is 0 Å². The summed E-state index contributed by atoms with van der Waals surface area (Å²) >= 11 is 0.871. The van der Waals surface area contributed by atoms with E-state index in [1.807, 2.05) is 0 Å². The van der Waals surface area contributed by atoms with E-state index in [1.54, 1.807) is 49.4 Å². The van der Waals surface area contributed by atoms with Gasteiger partial charge in [-0.2, -0.15) is 0 Å². The third-order valence-corrected chi connectivity index (χ3v) is 4.67. The third kappa shape index (κ3) is 4.03. The maximum Gasteiger partial charge on any atom is 0.338 e. The largest absolute Gasteiger partial charge is 0.462 e.